The summed E-state index contributed by atoms with van der Waals surface area (Å²) in [6.07, 6.45) is 1.98. The number of nitrogens with one attached hydrogen (secondary N) is 1. The van der Waals surface area contributed by atoms with Gasteiger partial charge in [-0.3, -0.25) is 14.6 Å². The monoisotopic (exact) mass is 349 g/mol. The summed E-state index contributed by atoms with van der Waals surface area (Å²) < 4.78 is 39.8. The van der Waals surface area contributed by atoms with Gasteiger partial charge in [-0.1, -0.05) is 6.07 Å². The molecule has 0 saturated carbocycles. The van der Waals surface area contributed by atoms with E-state index in [1.54, 1.807) is 18.2 Å². The lowest BCUT2D eigenvalue weighted by Gasteiger charge is -2.17. The molecule has 2 heterocycles. The molecule has 1 aromatic heterocycles. The van der Waals surface area contributed by atoms with Crippen molar-refractivity contribution in [2.45, 2.75) is 12.5 Å². The molecule has 8 heteroatoms. The van der Waals surface area contributed by atoms with Crippen molar-refractivity contribution < 1.29 is 22.8 Å². The van der Waals surface area contributed by atoms with Crippen LogP contribution in [0.25, 0.3) is 0 Å². The summed E-state index contributed by atoms with van der Waals surface area (Å²) in [5, 5.41) is 2.54. The average Bonchev–Trinajstić information content (AvgIpc) is 3.08. The lowest BCUT2D eigenvalue weighted by molar-refractivity contribution is 0.0777. The van der Waals surface area contributed by atoms with Gasteiger partial charge in [0.25, 0.3) is 11.8 Å². The molecule has 1 saturated heterocycles. The van der Waals surface area contributed by atoms with E-state index < -0.39 is 35.0 Å². The van der Waals surface area contributed by atoms with Gasteiger partial charge in [0.05, 0.1) is 5.56 Å². The summed E-state index contributed by atoms with van der Waals surface area (Å²) in [6.45, 7) is 0.632. The zero-order chi connectivity index (χ0) is 18.0. The Labute approximate surface area is 141 Å². The molecule has 25 heavy (non-hydrogen) atoms. The molecule has 0 aliphatic carbocycles. The summed E-state index contributed by atoms with van der Waals surface area (Å²) in [4.78, 5) is 29.9. The first-order chi connectivity index (χ1) is 12.0. The molecule has 5 nitrogen and oxygen atoms in total. The topological polar surface area (TPSA) is 62.3 Å². The molecule has 130 valence electrons. The molecule has 0 spiro atoms. The van der Waals surface area contributed by atoms with Gasteiger partial charge < -0.3 is 10.2 Å². The maximum atomic E-state index is 13.7. The van der Waals surface area contributed by atoms with E-state index in [1.165, 1.54) is 11.1 Å². The van der Waals surface area contributed by atoms with Crippen molar-refractivity contribution in [2.24, 2.45) is 0 Å². The quantitative estimate of drug-likeness (QED) is 0.864. The van der Waals surface area contributed by atoms with Crippen molar-refractivity contribution in [1.82, 2.24) is 15.2 Å². The number of likely N-dealkylation sites (tertiary alicyclic amines) is 1. The zero-order valence-corrected chi connectivity index (χ0v) is 13.0. The Bertz CT molecular complexity index is 814. The van der Waals surface area contributed by atoms with E-state index in [0.29, 0.717) is 24.7 Å². The lowest BCUT2D eigenvalue weighted by atomic mass is 10.1. The Morgan fingerprint density at radius 2 is 1.92 bits per heavy atom. The number of amides is 2. The fourth-order valence-electron chi connectivity index (χ4n) is 2.68. The first-order valence-electron chi connectivity index (χ1n) is 7.62. The van der Waals surface area contributed by atoms with Crippen molar-refractivity contribution in [1.29, 1.82) is 0 Å². The first kappa shape index (κ1) is 16.9. The minimum absolute atomic E-state index is 0.229. The molecule has 0 unspecified atom stereocenters. The van der Waals surface area contributed by atoms with Crippen molar-refractivity contribution >= 4 is 11.8 Å². The number of carbonyl (C=O) groups is 2. The molecule has 1 N–H and O–H groups in total. The summed E-state index contributed by atoms with van der Waals surface area (Å²) in [5.74, 6) is -5.70. The Morgan fingerprint density at radius 1 is 1.12 bits per heavy atom. The van der Waals surface area contributed by atoms with Crippen LogP contribution >= 0.6 is 0 Å². The molecule has 1 aliphatic heterocycles. The van der Waals surface area contributed by atoms with E-state index >= 15 is 0 Å². The highest BCUT2D eigenvalue weighted by molar-refractivity contribution is 5.95. The summed E-state index contributed by atoms with van der Waals surface area (Å²) in [5.41, 5.74) is -0.283. The van der Waals surface area contributed by atoms with E-state index in [0.717, 1.165) is 6.07 Å². The number of rotatable bonds is 3. The van der Waals surface area contributed by atoms with E-state index in [9.17, 15) is 22.8 Å². The van der Waals surface area contributed by atoms with Crippen LogP contribution < -0.4 is 5.32 Å². The minimum atomic E-state index is -1.69. The predicted molar refractivity (Wildman–Crippen MR) is 82.3 cm³/mol. The highest BCUT2D eigenvalue weighted by Gasteiger charge is 2.29. The van der Waals surface area contributed by atoms with Gasteiger partial charge in [-0.15, -0.1) is 0 Å². The number of pyridine rings is 1. The first-order valence-corrected chi connectivity index (χ1v) is 7.62. The Hall–Kier alpha value is -2.90. The molecule has 1 aliphatic rings. The van der Waals surface area contributed by atoms with Gasteiger partial charge in [-0.05, 0) is 30.7 Å². The molecule has 1 aromatic carbocycles. The number of carbonyl (C=O) groups excluding carboxylic acids is 2. The highest BCUT2D eigenvalue weighted by Crippen LogP contribution is 2.17. The Morgan fingerprint density at radius 3 is 2.64 bits per heavy atom. The number of hydrogen-bond donors (Lipinski definition) is 1. The third-order valence-electron chi connectivity index (χ3n) is 3.97. The van der Waals surface area contributed by atoms with Gasteiger partial charge in [-0.25, -0.2) is 13.2 Å². The molecule has 0 radical (unpaired) electrons. The summed E-state index contributed by atoms with van der Waals surface area (Å²) in [6, 6.07) is 6.15. The highest BCUT2D eigenvalue weighted by atomic mass is 19.2. The standard InChI is InChI=1S/C17H14F3N3O2/c18-12-5-4-11(14(19)15(12)20)16(24)22-10-6-8-23(9-10)17(25)13-3-1-2-7-21-13/h1-5,7,10H,6,8-9H2,(H,22,24)/t10-/m0/s1. The van der Waals surface area contributed by atoms with Gasteiger partial charge in [0, 0.05) is 25.3 Å². The Balaban J connectivity index is 1.64. The normalized spacial score (nSPS) is 16.8. The van der Waals surface area contributed by atoms with Crippen LogP contribution in [0.15, 0.2) is 36.5 Å². The van der Waals surface area contributed by atoms with Crippen LogP contribution in [-0.4, -0.2) is 40.8 Å². The Kier molecular flexibility index (Phi) is 4.69. The van der Waals surface area contributed by atoms with Crippen molar-refractivity contribution in [3.63, 3.8) is 0 Å². The SMILES string of the molecule is O=C(N[C@H]1CCN(C(=O)c2ccccn2)C1)c1ccc(F)c(F)c1F. The van der Waals surface area contributed by atoms with Gasteiger partial charge in [0.15, 0.2) is 17.5 Å². The van der Waals surface area contributed by atoms with E-state index in [1.807, 2.05) is 0 Å². The molecular weight excluding hydrogens is 335 g/mol. The molecule has 3 rings (SSSR count). The number of benzene rings is 1. The average molecular weight is 349 g/mol. The zero-order valence-electron chi connectivity index (χ0n) is 13.0. The molecule has 1 atom stereocenters. The van der Waals surface area contributed by atoms with E-state index in [4.69, 9.17) is 0 Å². The maximum absolute atomic E-state index is 13.7. The third kappa shape index (κ3) is 3.47. The van der Waals surface area contributed by atoms with Crippen LogP contribution in [0.5, 0.6) is 0 Å². The molecular formula is C17H14F3N3O2. The molecule has 2 aromatic rings. The van der Waals surface area contributed by atoms with Crippen LogP contribution in [0.4, 0.5) is 13.2 Å². The van der Waals surface area contributed by atoms with Crippen LogP contribution in [0.2, 0.25) is 0 Å². The second kappa shape index (κ2) is 6.92. The summed E-state index contributed by atoms with van der Waals surface area (Å²) in [7, 11) is 0. The van der Waals surface area contributed by atoms with Gasteiger partial charge >= 0.3 is 0 Å². The fourth-order valence-corrected chi connectivity index (χ4v) is 2.68. The third-order valence-corrected chi connectivity index (χ3v) is 3.97. The van der Waals surface area contributed by atoms with Crippen molar-refractivity contribution in [2.75, 3.05) is 13.1 Å². The van der Waals surface area contributed by atoms with Gasteiger partial charge in [-0.2, -0.15) is 0 Å². The predicted octanol–water partition coefficient (Wildman–Crippen LogP) is 2.14. The van der Waals surface area contributed by atoms with Crippen molar-refractivity contribution in [3.8, 4) is 0 Å². The molecule has 0 bridgehead atoms. The van der Waals surface area contributed by atoms with Crippen LogP contribution in [0, 0.1) is 17.5 Å². The summed E-state index contributed by atoms with van der Waals surface area (Å²) >= 11 is 0. The van der Waals surface area contributed by atoms with Gasteiger partial charge in [0.1, 0.15) is 5.69 Å². The second-order valence-corrected chi connectivity index (χ2v) is 5.65. The van der Waals surface area contributed by atoms with Crippen LogP contribution in [0.1, 0.15) is 27.3 Å². The smallest absolute Gasteiger partial charge is 0.272 e. The molecule has 1 fully saturated rings. The minimum Gasteiger partial charge on any atom is -0.347 e. The number of hydrogen-bond acceptors (Lipinski definition) is 3. The lowest BCUT2D eigenvalue weighted by Crippen LogP contribution is -2.39. The van der Waals surface area contributed by atoms with E-state index in [2.05, 4.69) is 10.3 Å². The van der Waals surface area contributed by atoms with E-state index in [-0.39, 0.29) is 12.5 Å². The number of halogens is 3. The number of nitrogens with zero attached hydrogens (tertiary/aromatic N) is 2. The van der Waals surface area contributed by atoms with Gasteiger partial charge in [0.2, 0.25) is 0 Å². The molecule has 2 amide bonds. The number of aromatic nitrogens is 1. The van der Waals surface area contributed by atoms with Crippen LogP contribution in [-0.2, 0) is 0 Å². The van der Waals surface area contributed by atoms with Crippen molar-refractivity contribution in [3.05, 3.63) is 65.2 Å². The second-order valence-electron chi connectivity index (χ2n) is 5.65. The van der Waals surface area contributed by atoms with Crippen LogP contribution in [0.3, 0.4) is 0 Å². The maximum Gasteiger partial charge on any atom is 0.272 e. The largest absolute Gasteiger partial charge is 0.347 e. The fraction of sp³-hybridized carbons (Fsp3) is 0.235.